The van der Waals surface area contributed by atoms with Crippen molar-refractivity contribution in [2.45, 2.75) is 57.7 Å². The second-order valence-electron chi connectivity index (χ2n) is 10.1. The first-order valence-corrected chi connectivity index (χ1v) is 12.7. The fraction of sp³-hybridized carbons (Fsp3) is 0.448. The fourth-order valence-electron chi connectivity index (χ4n) is 5.62. The number of piperidine rings is 1. The largest absolute Gasteiger partial charge is 0.497 e. The molecule has 0 radical (unpaired) electrons. The maximum atomic E-state index is 13.1. The average Bonchev–Trinajstić information content (AvgIpc) is 2.89. The lowest BCUT2D eigenvalue weighted by atomic mass is 9.71. The number of nitrogens with zero attached hydrogens (tertiary/aromatic N) is 1. The number of aryl methyl sites for hydroxylation is 1. The summed E-state index contributed by atoms with van der Waals surface area (Å²) in [5.74, 6) is 1.41. The van der Waals surface area contributed by atoms with E-state index in [-0.39, 0.29) is 18.2 Å². The summed E-state index contributed by atoms with van der Waals surface area (Å²) < 4.78 is 16.7. The van der Waals surface area contributed by atoms with E-state index in [4.69, 9.17) is 13.9 Å². The van der Waals surface area contributed by atoms with E-state index in [9.17, 15) is 14.7 Å². The Balaban J connectivity index is 1.29. The molecule has 0 bridgehead atoms. The lowest BCUT2D eigenvalue weighted by Gasteiger charge is -2.47. The summed E-state index contributed by atoms with van der Waals surface area (Å²) in [5, 5.41) is 11.7. The smallest absolute Gasteiger partial charge is 0.340 e. The van der Waals surface area contributed by atoms with Gasteiger partial charge < -0.3 is 23.9 Å². The van der Waals surface area contributed by atoms with Crippen LogP contribution in [0.4, 0.5) is 0 Å². The van der Waals surface area contributed by atoms with Gasteiger partial charge in [0.25, 0.3) is 0 Å². The SMILES string of the molecule is COc1ccc(COc2ccc3c(C)c(CC(=O)N4CC[C@@]5(O)CCCC[C@@H]5C4)c(=O)oc3c2)cc1. The van der Waals surface area contributed by atoms with E-state index in [1.807, 2.05) is 48.2 Å². The van der Waals surface area contributed by atoms with Gasteiger partial charge in [0.05, 0.1) is 24.7 Å². The van der Waals surface area contributed by atoms with Crippen molar-refractivity contribution in [2.24, 2.45) is 5.92 Å². The third kappa shape index (κ3) is 4.85. The van der Waals surface area contributed by atoms with Crippen molar-refractivity contribution in [3.05, 3.63) is 69.6 Å². The molecule has 1 saturated carbocycles. The molecule has 1 aliphatic carbocycles. The van der Waals surface area contributed by atoms with Gasteiger partial charge in [0.15, 0.2) is 0 Å². The van der Waals surface area contributed by atoms with Crippen LogP contribution >= 0.6 is 0 Å². The molecule has 0 spiro atoms. The van der Waals surface area contributed by atoms with Crippen molar-refractivity contribution >= 4 is 16.9 Å². The summed E-state index contributed by atoms with van der Waals surface area (Å²) in [5.41, 5.74) is 1.44. The Labute approximate surface area is 210 Å². The molecule has 0 unspecified atom stereocenters. The van der Waals surface area contributed by atoms with E-state index in [2.05, 4.69) is 0 Å². The van der Waals surface area contributed by atoms with Crippen molar-refractivity contribution < 1.29 is 23.8 Å². The number of ether oxygens (including phenoxy) is 2. The number of hydrogen-bond donors (Lipinski definition) is 1. The molecule has 7 heteroatoms. The van der Waals surface area contributed by atoms with E-state index in [0.717, 1.165) is 47.9 Å². The maximum Gasteiger partial charge on any atom is 0.340 e. The van der Waals surface area contributed by atoms with Gasteiger partial charge in [0, 0.05) is 30.5 Å². The molecule has 1 saturated heterocycles. The number of hydrogen-bond acceptors (Lipinski definition) is 6. The molecule has 2 aromatic carbocycles. The third-order valence-corrected chi connectivity index (χ3v) is 7.93. The van der Waals surface area contributed by atoms with Crippen LogP contribution in [0.3, 0.4) is 0 Å². The van der Waals surface area contributed by atoms with Gasteiger partial charge in [-0.3, -0.25) is 4.79 Å². The summed E-state index contributed by atoms with van der Waals surface area (Å²) in [4.78, 5) is 27.8. The Morgan fingerprint density at radius 2 is 1.92 bits per heavy atom. The zero-order chi connectivity index (χ0) is 25.3. The maximum absolute atomic E-state index is 13.1. The predicted octanol–water partition coefficient (Wildman–Crippen LogP) is 4.39. The minimum Gasteiger partial charge on any atom is -0.497 e. The van der Waals surface area contributed by atoms with Crippen LogP contribution < -0.4 is 15.1 Å². The number of carbonyl (C=O) groups excluding carboxylic acids is 1. The molecule has 2 atom stereocenters. The molecule has 5 rings (SSSR count). The number of methoxy groups -OCH3 is 1. The van der Waals surface area contributed by atoms with Gasteiger partial charge in [-0.2, -0.15) is 0 Å². The average molecular weight is 492 g/mol. The van der Waals surface area contributed by atoms with Crippen LogP contribution in [0.2, 0.25) is 0 Å². The minimum atomic E-state index is -0.639. The Kier molecular flexibility index (Phi) is 6.75. The van der Waals surface area contributed by atoms with E-state index >= 15 is 0 Å². The quantitative estimate of drug-likeness (QED) is 0.515. The van der Waals surface area contributed by atoms with Crippen molar-refractivity contribution in [3.63, 3.8) is 0 Å². The number of carbonyl (C=O) groups is 1. The van der Waals surface area contributed by atoms with E-state index in [1.165, 1.54) is 0 Å². The van der Waals surface area contributed by atoms with Crippen LogP contribution in [-0.2, 0) is 17.8 Å². The molecule has 3 aromatic rings. The zero-order valence-electron chi connectivity index (χ0n) is 20.9. The predicted molar refractivity (Wildman–Crippen MR) is 136 cm³/mol. The van der Waals surface area contributed by atoms with Crippen LogP contribution in [0.1, 0.15) is 48.8 Å². The van der Waals surface area contributed by atoms with Crippen molar-refractivity contribution in [1.82, 2.24) is 4.90 Å². The number of aliphatic hydroxyl groups is 1. The van der Waals surface area contributed by atoms with Crippen molar-refractivity contribution in [3.8, 4) is 11.5 Å². The molecule has 36 heavy (non-hydrogen) atoms. The number of fused-ring (bicyclic) bond motifs is 2. The van der Waals surface area contributed by atoms with Gasteiger partial charge in [0.1, 0.15) is 23.7 Å². The highest BCUT2D eigenvalue weighted by Crippen LogP contribution is 2.40. The zero-order valence-corrected chi connectivity index (χ0v) is 20.9. The van der Waals surface area contributed by atoms with Gasteiger partial charge in [-0.05, 0) is 61.6 Å². The lowest BCUT2D eigenvalue weighted by molar-refractivity contribution is -0.142. The van der Waals surface area contributed by atoms with Crippen molar-refractivity contribution in [1.29, 1.82) is 0 Å². The Morgan fingerprint density at radius 3 is 2.69 bits per heavy atom. The molecule has 190 valence electrons. The van der Waals surface area contributed by atoms with Crippen LogP contribution in [0.15, 0.2) is 51.7 Å². The minimum absolute atomic E-state index is 0.00494. The number of benzene rings is 2. The molecule has 7 nitrogen and oxygen atoms in total. The first-order valence-electron chi connectivity index (χ1n) is 12.7. The molecular weight excluding hydrogens is 458 g/mol. The Hall–Kier alpha value is -3.32. The number of likely N-dealkylation sites (tertiary alicyclic amines) is 1. The second kappa shape index (κ2) is 9.97. The van der Waals surface area contributed by atoms with Crippen LogP contribution in [-0.4, -0.2) is 41.7 Å². The molecule has 2 fully saturated rings. The van der Waals surface area contributed by atoms with Gasteiger partial charge >= 0.3 is 5.63 Å². The Bertz CT molecular complexity index is 1310. The molecule has 1 N–H and O–H groups in total. The third-order valence-electron chi connectivity index (χ3n) is 7.93. The number of amides is 1. The molecule has 1 aromatic heterocycles. The second-order valence-corrected chi connectivity index (χ2v) is 10.1. The van der Waals surface area contributed by atoms with Gasteiger partial charge in [-0.25, -0.2) is 4.79 Å². The summed E-state index contributed by atoms with van der Waals surface area (Å²) in [6, 6.07) is 13.1. The fourth-order valence-corrected chi connectivity index (χ4v) is 5.62. The monoisotopic (exact) mass is 491 g/mol. The topological polar surface area (TPSA) is 89.2 Å². The summed E-state index contributed by atoms with van der Waals surface area (Å²) in [7, 11) is 1.63. The standard InChI is InChI=1S/C29H33NO6/c1-19-24-11-10-23(35-18-20-6-8-22(34-2)9-7-20)15-26(24)36-28(32)25(19)16-27(31)30-14-13-29(33)12-4-3-5-21(29)17-30/h6-11,15,21,33H,3-5,12-14,16-18H2,1-2H3/t21-,29+/m1/s1. The molecular formula is C29H33NO6. The Morgan fingerprint density at radius 1 is 1.14 bits per heavy atom. The first kappa shape index (κ1) is 24.4. The van der Waals surface area contributed by atoms with Crippen LogP contribution in [0.25, 0.3) is 11.0 Å². The van der Waals surface area contributed by atoms with E-state index in [1.54, 1.807) is 13.2 Å². The highest BCUT2D eigenvalue weighted by molar-refractivity contribution is 5.85. The highest BCUT2D eigenvalue weighted by atomic mass is 16.5. The summed E-state index contributed by atoms with van der Waals surface area (Å²) >= 11 is 0. The highest BCUT2D eigenvalue weighted by Gasteiger charge is 2.43. The van der Waals surface area contributed by atoms with Gasteiger partial charge in [-0.1, -0.05) is 25.0 Å². The molecule has 2 heterocycles. The summed E-state index contributed by atoms with van der Waals surface area (Å²) in [6.07, 6.45) is 4.51. The van der Waals surface area contributed by atoms with Crippen LogP contribution in [0.5, 0.6) is 11.5 Å². The van der Waals surface area contributed by atoms with Crippen LogP contribution in [0, 0.1) is 12.8 Å². The molecule has 1 aliphatic heterocycles. The van der Waals surface area contributed by atoms with Gasteiger partial charge in [0.2, 0.25) is 5.91 Å². The first-order chi connectivity index (χ1) is 17.4. The molecule has 2 aliphatic rings. The molecule has 1 amide bonds. The van der Waals surface area contributed by atoms with E-state index in [0.29, 0.717) is 43.0 Å². The van der Waals surface area contributed by atoms with Crippen molar-refractivity contribution in [2.75, 3.05) is 20.2 Å². The van der Waals surface area contributed by atoms with E-state index < -0.39 is 11.2 Å². The number of rotatable bonds is 6. The summed E-state index contributed by atoms with van der Waals surface area (Å²) in [6.45, 7) is 3.31. The normalized spacial score (nSPS) is 21.8. The lowest BCUT2D eigenvalue weighted by Crippen LogP contribution is -2.55. The van der Waals surface area contributed by atoms with Gasteiger partial charge in [-0.15, -0.1) is 0 Å².